The van der Waals surface area contributed by atoms with E-state index in [1.54, 1.807) is 4.52 Å². The molecule has 0 aliphatic carbocycles. The molecule has 24 heavy (non-hydrogen) atoms. The standard InChI is InChI=1S/C15H12BrClN6S/c1-8-12(16)7-22(20-8)9(2)14-21-23-13(18-19-15(23)24-14)10-3-5-11(17)6-4-10/h3-7,9H,1-2H3/t9-/m1/s1. The highest BCUT2D eigenvalue weighted by Crippen LogP contribution is 2.28. The van der Waals surface area contributed by atoms with E-state index in [2.05, 4.69) is 43.2 Å². The van der Waals surface area contributed by atoms with Crippen molar-refractivity contribution in [2.45, 2.75) is 19.9 Å². The molecular weight excluding hydrogens is 412 g/mol. The maximum absolute atomic E-state index is 5.95. The van der Waals surface area contributed by atoms with Crippen LogP contribution >= 0.6 is 38.9 Å². The lowest BCUT2D eigenvalue weighted by Crippen LogP contribution is -2.08. The molecule has 0 unspecified atom stereocenters. The van der Waals surface area contributed by atoms with Crippen molar-refractivity contribution >= 4 is 43.8 Å². The van der Waals surface area contributed by atoms with Crippen molar-refractivity contribution in [1.29, 1.82) is 0 Å². The van der Waals surface area contributed by atoms with Crippen molar-refractivity contribution in [1.82, 2.24) is 29.6 Å². The lowest BCUT2D eigenvalue weighted by Gasteiger charge is -2.07. The van der Waals surface area contributed by atoms with Gasteiger partial charge in [0.05, 0.1) is 10.2 Å². The number of fused-ring (bicyclic) bond motifs is 1. The summed E-state index contributed by atoms with van der Waals surface area (Å²) in [7, 11) is 0. The summed E-state index contributed by atoms with van der Waals surface area (Å²) in [5, 5.41) is 19.3. The van der Waals surface area contributed by atoms with Crippen LogP contribution in [0.3, 0.4) is 0 Å². The molecule has 0 N–H and O–H groups in total. The highest BCUT2D eigenvalue weighted by atomic mass is 79.9. The van der Waals surface area contributed by atoms with E-state index in [0.717, 1.165) is 25.7 Å². The third-order valence-electron chi connectivity index (χ3n) is 3.72. The monoisotopic (exact) mass is 422 g/mol. The van der Waals surface area contributed by atoms with Gasteiger partial charge in [-0.05, 0) is 54.0 Å². The number of nitrogens with zero attached hydrogens (tertiary/aromatic N) is 6. The zero-order chi connectivity index (χ0) is 16.8. The van der Waals surface area contributed by atoms with Crippen LogP contribution in [0.5, 0.6) is 0 Å². The van der Waals surface area contributed by atoms with Crippen LogP contribution < -0.4 is 0 Å². The third kappa shape index (κ3) is 2.64. The van der Waals surface area contributed by atoms with E-state index in [9.17, 15) is 0 Å². The maximum Gasteiger partial charge on any atom is 0.235 e. The van der Waals surface area contributed by atoms with E-state index in [1.807, 2.05) is 42.1 Å². The summed E-state index contributed by atoms with van der Waals surface area (Å²) in [6.45, 7) is 4.02. The summed E-state index contributed by atoms with van der Waals surface area (Å²) in [6, 6.07) is 7.50. The van der Waals surface area contributed by atoms with E-state index >= 15 is 0 Å². The van der Waals surface area contributed by atoms with Crippen LogP contribution in [-0.4, -0.2) is 29.6 Å². The quantitative estimate of drug-likeness (QED) is 0.490. The molecule has 0 aliphatic heterocycles. The van der Waals surface area contributed by atoms with Gasteiger partial charge in [0.25, 0.3) is 0 Å². The molecule has 0 aliphatic rings. The molecule has 0 bridgehead atoms. The maximum atomic E-state index is 5.95. The second-order valence-electron chi connectivity index (χ2n) is 5.38. The van der Waals surface area contributed by atoms with Gasteiger partial charge in [0.1, 0.15) is 11.0 Å². The van der Waals surface area contributed by atoms with E-state index in [0.29, 0.717) is 10.8 Å². The molecule has 0 saturated heterocycles. The Hall–Kier alpha value is -1.77. The van der Waals surface area contributed by atoms with Gasteiger partial charge in [0, 0.05) is 16.8 Å². The van der Waals surface area contributed by atoms with Gasteiger partial charge in [-0.2, -0.15) is 14.7 Å². The topological polar surface area (TPSA) is 60.9 Å². The molecule has 3 heterocycles. The molecule has 122 valence electrons. The smallest absolute Gasteiger partial charge is 0.235 e. The fourth-order valence-corrected chi connectivity index (χ4v) is 3.65. The van der Waals surface area contributed by atoms with Crippen LogP contribution in [0, 0.1) is 6.92 Å². The number of hydrogen-bond donors (Lipinski definition) is 0. The average molecular weight is 424 g/mol. The first kappa shape index (κ1) is 15.7. The summed E-state index contributed by atoms with van der Waals surface area (Å²) in [5.74, 6) is 0.703. The second-order valence-corrected chi connectivity index (χ2v) is 7.66. The molecule has 3 aromatic heterocycles. The van der Waals surface area contributed by atoms with Crippen molar-refractivity contribution < 1.29 is 0 Å². The van der Waals surface area contributed by atoms with Gasteiger partial charge in [0.2, 0.25) is 4.96 Å². The van der Waals surface area contributed by atoms with Gasteiger partial charge >= 0.3 is 0 Å². The minimum Gasteiger partial charge on any atom is -0.262 e. The molecule has 4 aromatic rings. The minimum absolute atomic E-state index is 0.0137. The van der Waals surface area contributed by atoms with Gasteiger partial charge in [0.15, 0.2) is 5.82 Å². The van der Waals surface area contributed by atoms with Crippen molar-refractivity contribution in [2.24, 2.45) is 0 Å². The number of hydrogen-bond acceptors (Lipinski definition) is 5. The van der Waals surface area contributed by atoms with E-state index in [4.69, 9.17) is 11.6 Å². The Balaban J connectivity index is 1.75. The number of halogens is 2. The zero-order valence-corrected chi connectivity index (χ0v) is 16.0. The van der Waals surface area contributed by atoms with Gasteiger partial charge in [-0.3, -0.25) is 4.68 Å². The Morgan fingerprint density at radius 3 is 2.58 bits per heavy atom. The second kappa shape index (κ2) is 5.94. The van der Waals surface area contributed by atoms with Gasteiger partial charge in [-0.15, -0.1) is 10.2 Å². The molecular formula is C15H12BrClN6S. The molecule has 0 amide bonds. The van der Waals surface area contributed by atoms with Crippen LogP contribution in [0.1, 0.15) is 23.7 Å². The Kier molecular flexibility index (Phi) is 3.90. The van der Waals surface area contributed by atoms with Crippen LogP contribution in [0.15, 0.2) is 34.9 Å². The predicted octanol–water partition coefficient (Wildman–Crippen LogP) is 4.38. The van der Waals surface area contributed by atoms with Crippen LogP contribution in [-0.2, 0) is 0 Å². The van der Waals surface area contributed by atoms with Crippen LogP contribution in [0.4, 0.5) is 0 Å². The lowest BCUT2D eigenvalue weighted by molar-refractivity contribution is 0.551. The van der Waals surface area contributed by atoms with Crippen molar-refractivity contribution in [2.75, 3.05) is 0 Å². The van der Waals surface area contributed by atoms with Crippen molar-refractivity contribution in [3.05, 3.63) is 50.7 Å². The summed E-state index contributed by atoms with van der Waals surface area (Å²) < 4.78 is 4.65. The zero-order valence-electron chi connectivity index (χ0n) is 12.8. The highest BCUT2D eigenvalue weighted by Gasteiger charge is 2.19. The van der Waals surface area contributed by atoms with E-state index in [-0.39, 0.29) is 6.04 Å². The van der Waals surface area contributed by atoms with Crippen molar-refractivity contribution in [3.8, 4) is 11.4 Å². The lowest BCUT2D eigenvalue weighted by atomic mass is 10.2. The Bertz CT molecular complexity index is 999. The molecule has 0 spiro atoms. The summed E-state index contributed by atoms with van der Waals surface area (Å²) in [6.07, 6.45) is 1.96. The predicted molar refractivity (Wildman–Crippen MR) is 97.6 cm³/mol. The first-order chi connectivity index (χ1) is 11.5. The van der Waals surface area contributed by atoms with E-state index < -0.39 is 0 Å². The summed E-state index contributed by atoms with van der Waals surface area (Å²) in [4.78, 5) is 0.754. The van der Waals surface area contributed by atoms with Crippen molar-refractivity contribution in [3.63, 3.8) is 0 Å². The fraction of sp³-hybridized carbons (Fsp3) is 0.200. The Labute approximate surface area is 155 Å². The Morgan fingerprint density at radius 1 is 1.17 bits per heavy atom. The summed E-state index contributed by atoms with van der Waals surface area (Å²) >= 11 is 11.0. The first-order valence-electron chi connectivity index (χ1n) is 7.22. The molecule has 4 rings (SSSR count). The average Bonchev–Trinajstić information content (AvgIpc) is 3.23. The number of benzene rings is 1. The molecule has 0 fully saturated rings. The number of aryl methyl sites for hydroxylation is 1. The van der Waals surface area contributed by atoms with Crippen LogP contribution in [0.2, 0.25) is 5.02 Å². The number of rotatable bonds is 3. The minimum atomic E-state index is 0.0137. The van der Waals surface area contributed by atoms with Crippen LogP contribution in [0.25, 0.3) is 16.3 Å². The normalized spacial score (nSPS) is 12.8. The summed E-state index contributed by atoms with van der Waals surface area (Å²) in [5.41, 5.74) is 1.88. The molecule has 0 saturated carbocycles. The van der Waals surface area contributed by atoms with Gasteiger partial charge < -0.3 is 0 Å². The third-order valence-corrected chi connectivity index (χ3v) is 5.82. The SMILES string of the molecule is Cc1nn([C@H](C)c2nn3c(-c4ccc(Cl)cc4)nnc3s2)cc1Br. The van der Waals surface area contributed by atoms with Gasteiger partial charge in [-0.1, -0.05) is 22.9 Å². The molecule has 1 aromatic carbocycles. The molecule has 6 nitrogen and oxygen atoms in total. The number of aromatic nitrogens is 6. The largest absolute Gasteiger partial charge is 0.262 e. The van der Waals surface area contributed by atoms with E-state index in [1.165, 1.54) is 11.3 Å². The molecule has 0 radical (unpaired) electrons. The highest BCUT2D eigenvalue weighted by molar-refractivity contribution is 9.10. The molecule has 9 heteroatoms. The fourth-order valence-electron chi connectivity index (χ4n) is 2.35. The molecule has 1 atom stereocenters. The Morgan fingerprint density at radius 2 is 1.92 bits per heavy atom. The van der Waals surface area contributed by atoms with Gasteiger partial charge in [-0.25, -0.2) is 0 Å². The first-order valence-corrected chi connectivity index (χ1v) is 9.21.